The molecule has 20 amide bonds. The van der Waals surface area contributed by atoms with Crippen molar-refractivity contribution in [2.24, 2.45) is 58.4 Å². The van der Waals surface area contributed by atoms with Gasteiger partial charge in [-0.05, 0) is 166 Å². The van der Waals surface area contributed by atoms with E-state index in [1.54, 1.807) is 100 Å². The molecule has 0 radical (unpaired) electrons. The lowest BCUT2D eigenvalue weighted by Crippen LogP contribution is -2.45. The summed E-state index contributed by atoms with van der Waals surface area (Å²) < 4.78 is 20.4. The van der Waals surface area contributed by atoms with Crippen LogP contribution in [-0.2, 0) is 106 Å². The molecule has 3 heterocycles. The first-order chi connectivity index (χ1) is 70.0. The van der Waals surface area contributed by atoms with Crippen molar-refractivity contribution in [3.05, 3.63) is 160 Å². The van der Waals surface area contributed by atoms with E-state index in [0.717, 1.165) is 26.7 Å². The molecular formula is C101H139N19O27. The Hall–Kier alpha value is -15.7. The second-order valence-electron chi connectivity index (χ2n) is 35.9. The third-order valence-electron chi connectivity index (χ3n) is 23.0. The van der Waals surface area contributed by atoms with Crippen LogP contribution in [0.1, 0.15) is 206 Å². The second-order valence-corrected chi connectivity index (χ2v) is 35.9. The number of carbonyl (C=O) groups excluding carboxylic acids is 21. The molecular weight excluding hydrogens is 1910 g/mol. The van der Waals surface area contributed by atoms with Crippen LogP contribution in [0.2, 0.25) is 0 Å². The third kappa shape index (κ3) is 48.1. The molecule has 19 N–H and O–H groups in total. The number of benzene rings is 4. The summed E-state index contributed by atoms with van der Waals surface area (Å²) in [4.78, 5) is 271. The summed E-state index contributed by atoms with van der Waals surface area (Å²) in [6.45, 7) is 15.2. The van der Waals surface area contributed by atoms with Gasteiger partial charge in [-0.25, -0.2) is 28.8 Å². The van der Waals surface area contributed by atoms with E-state index in [1.165, 1.54) is 60.7 Å². The van der Waals surface area contributed by atoms with Crippen LogP contribution in [0.3, 0.4) is 0 Å². The zero-order valence-electron chi connectivity index (χ0n) is 84.1. The Morgan fingerprint density at radius 1 is 0.361 bits per heavy atom. The lowest BCUT2D eigenvalue weighted by molar-refractivity contribution is -0.384. The Morgan fingerprint density at radius 2 is 0.646 bits per heavy atom. The van der Waals surface area contributed by atoms with Gasteiger partial charge in [-0.3, -0.25) is 96.7 Å². The summed E-state index contributed by atoms with van der Waals surface area (Å²) in [5, 5.41) is 40.2. The number of nitrogens with one attached hydrogen (secondary N) is 11. The quantitative estimate of drug-likeness (QED) is 0.00376. The number of nitrogens with zero attached hydrogens (tertiary/aromatic N) is 4. The van der Waals surface area contributed by atoms with Gasteiger partial charge in [-0.1, -0.05) is 104 Å². The highest BCUT2D eigenvalue weighted by atomic mass is 16.7. The number of alkyl carbamates (subject to hydrolysis) is 2. The average Bonchev–Trinajstić information content (AvgIpc) is 1.15. The molecule has 0 bridgehead atoms. The van der Waals surface area contributed by atoms with Crippen LogP contribution in [0.15, 0.2) is 134 Å². The van der Waals surface area contributed by atoms with Crippen LogP contribution in [0.5, 0.6) is 5.75 Å². The number of Topliss-reactive ketones (excluding diaryl/α,β-unsaturated/α-hetero) is 3. The fourth-order valence-corrected chi connectivity index (χ4v) is 15.0. The number of unbranched alkanes of at least 4 members (excludes halogenated alkanes) is 6. The first-order valence-electron chi connectivity index (χ1n) is 49.0. The predicted octanol–water partition coefficient (Wildman–Crippen LogP) is 8.27. The summed E-state index contributed by atoms with van der Waals surface area (Å²) in [6, 6.07) is 20.2. The van der Waals surface area contributed by atoms with Crippen LogP contribution in [0.4, 0.5) is 51.5 Å². The minimum absolute atomic E-state index is 0.0231. The number of ketones is 3. The Labute approximate surface area is 852 Å². The molecule has 3 aliphatic rings. The zero-order chi connectivity index (χ0) is 108. The number of nitrogens with two attached hydrogens (primary N) is 4. The number of amides is 20. The largest absolute Gasteiger partial charge is 0.514 e. The van der Waals surface area contributed by atoms with E-state index >= 15 is 0 Å². The highest BCUT2D eigenvalue weighted by Gasteiger charge is 2.35. The van der Waals surface area contributed by atoms with Crippen molar-refractivity contribution >= 4 is 147 Å². The van der Waals surface area contributed by atoms with E-state index in [2.05, 4.69) is 58.5 Å². The number of rotatable bonds is 63. The minimum atomic E-state index is -1.02. The number of primary amides is 3. The molecule has 0 saturated heterocycles. The molecule has 0 aromatic heterocycles. The van der Waals surface area contributed by atoms with Crippen molar-refractivity contribution in [1.29, 1.82) is 0 Å². The van der Waals surface area contributed by atoms with Gasteiger partial charge in [0.25, 0.3) is 41.1 Å². The van der Waals surface area contributed by atoms with Crippen molar-refractivity contribution in [1.82, 2.24) is 57.2 Å². The molecule has 7 rings (SSSR count). The van der Waals surface area contributed by atoms with E-state index in [-0.39, 0.29) is 222 Å². The first-order valence-corrected chi connectivity index (χ1v) is 49.0. The van der Waals surface area contributed by atoms with Gasteiger partial charge in [0.1, 0.15) is 25.6 Å². The SMILES string of the molecule is CC(C)[C@H](NC(=O)CCCCCN1C(=O)C=CC1=O)C(=O)C[C@@H](CCCNC(N)=O)C(=O)Nc1ccc(COC(=O)NCCN)cc1.CC(C)[C@H](NC(=O)CCCCCN1C(=O)C=CC1=O)C(=O)C[C@@H](CCCNC(N)=O)C(=O)Nc1ccc(COC(=O)Oc2ccc([N+](=O)[O-])cc2)cc1.CCCNC(=O)OCc1ccc(NC(=O)[C@H](CCCNC(N)=O)CC(=O)[C@@H](NC(=O)CCCCCN2C(=O)C=CC2=O)C(C)C)cc1. The second kappa shape index (κ2) is 66.3. The summed E-state index contributed by atoms with van der Waals surface area (Å²) >= 11 is 0. The summed E-state index contributed by atoms with van der Waals surface area (Å²) in [5.41, 5.74) is 24.0. The molecule has 0 unspecified atom stereocenters. The number of nitro groups is 1. The predicted molar refractivity (Wildman–Crippen MR) is 538 cm³/mol. The van der Waals surface area contributed by atoms with Crippen molar-refractivity contribution < 1.29 is 125 Å². The summed E-state index contributed by atoms with van der Waals surface area (Å²) in [7, 11) is 0. The first kappa shape index (κ1) is 122. The van der Waals surface area contributed by atoms with Gasteiger partial charge >= 0.3 is 36.4 Å². The Morgan fingerprint density at radius 3 is 0.912 bits per heavy atom. The number of carbonyl (C=O) groups is 21. The number of non-ortho nitro benzene ring substituents is 1. The maximum Gasteiger partial charge on any atom is 0.514 e. The number of hydrogen-bond donors (Lipinski definition) is 15. The lowest BCUT2D eigenvalue weighted by atomic mass is 9.89. The van der Waals surface area contributed by atoms with Gasteiger partial charge in [0.2, 0.25) is 35.4 Å². The molecule has 0 aliphatic carbocycles. The monoisotopic (exact) mass is 2050 g/mol. The molecule has 3 aliphatic heterocycles. The van der Waals surface area contributed by atoms with E-state index in [9.17, 15) is 111 Å². The summed E-state index contributed by atoms with van der Waals surface area (Å²) in [6.07, 6.45) is 13.0. The molecule has 0 fully saturated rings. The number of urea groups is 3. The van der Waals surface area contributed by atoms with Crippen molar-refractivity contribution in [3.63, 3.8) is 0 Å². The molecule has 6 atom stereocenters. The molecule has 0 saturated carbocycles. The number of hydrogen-bond acceptors (Lipinski definition) is 28. The van der Waals surface area contributed by atoms with E-state index < -0.39 is 89.1 Å². The van der Waals surface area contributed by atoms with Gasteiger partial charge < -0.3 is 100 Å². The normalized spacial score (nSPS) is 13.5. The Balaban J connectivity index is 0.000000389. The van der Waals surface area contributed by atoms with Crippen molar-refractivity contribution in [2.45, 2.75) is 228 Å². The molecule has 46 nitrogen and oxygen atoms in total. The number of imide groups is 3. The third-order valence-corrected chi connectivity index (χ3v) is 23.0. The lowest BCUT2D eigenvalue weighted by Gasteiger charge is -2.24. The fraction of sp³-hybridized carbons (Fsp3) is 0.495. The molecule has 0 spiro atoms. The van der Waals surface area contributed by atoms with E-state index in [1.807, 2.05) is 20.8 Å². The van der Waals surface area contributed by atoms with Gasteiger partial charge in [0.05, 0.1) is 23.0 Å². The maximum atomic E-state index is 13.5. The number of nitro benzene ring substituents is 1. The van der Waals surface area contributed by atoms with Crippen LogP contribution in [-0.4, -0.2) is 221 Å². The van der Waals surface area contributed by atoms with E-state index in [0.29, 0.717) is 125 Å². The molecule has 147 heavy (non-hydrogen) atoms. The van der Waals surface area contributed by atoms with Crippen molar-refractivity contribution in [2.75, 3.05) is 74.9 Å². The van der Waals surface area contributed by atoms with Crippen LogP contribution < -0.4 is 86.2 Å². The minimum Gasteiger partial charge on any atom is -0.445 e. The average molecular weight is 2050 g/mol. The van der Waals surface area contributed by atoms with E-state index in [4.69, 9.17) is 41.9 Å². The standard InChI is InChI=1S/C36H44N6O11.C33H48N6O8.C32H47N7O8/c1-23(2)33(40-30(44)8-4-3-5-20-41-31(45)17-18-32(41)46)29(43)21-25(7-6-19-38-35(37)48)34(47)39-26-11-9-24(10-12-26)22-52-36(49)53-28-15-13-27(14-16-28)42(50)51;1-4-17-36-33(46)47-21-23-11-13-25(14-12-23)37-31(44)24(9-8-18-35-32(34)45)20-26(40)30(22(2)3)38-27(41)10-6-5-7-19-39-28(42)15-16-29(39)43;1-21(2)29(38-26(41)8-4-3-5-18-39-27(42)13-14-28(39)43)25(40)19-23(7-6-16-35-31(34)45)30(44)37-24-11-9-22(10-12-24)20-47-32(46)36-17-15-33/h9-18,23,25,33H,3-8,19-22H2,1-2H3,(H,39,47)(H,40,44)(H3,37,38,48);11-16,22,24,30H,4-10,17-21H2,1-3H3,(H,36,46)(H,37,44)(H,38,41)(H3,34,35,45);9-14,21,23,29H,3-8,15-20,33H2,1-2H3,(H,36,46)(H,37,44)(H,38,41)(H3,34,35,45)/t25-,33+;24-,30+;23-,29+/m111/s1. The van der Waals surface area contributed by atoms with Crippen LogP contribution in [0.25, 0.3) is 0 Å². The smallest absolute Gasteiger partial charge is 0.445 e. The number of ether oxygens (including phenoxy) is 4. The molecule has 800 valence electrons. The van der Waals surface area contributed by atoms with Gasteiger partial charge in [-0.15, -0.1) is 0 Å². The summed E-state index contributed by atoms with van der Waals surface area (Å²) in [5.74, 6) is -8.14. The highest BCUT2D eigenvalue weighted by Crippen LogP contribution is 2.27. The Kier molecular flexibility index (Phi) is 54.9. The zero-order valence-corrected chi connectivity index (χ0v) is 84.1. The van der Waals surface area contributed by atoms with Gasteiger partial charge in [0.15, 0.2) is 17.3 Å². The Bertz CT molecular complexity index is 4990. The van der Waals surface area contributed by atoms with Gasteiger partial charge in [-0.2, -0.15) is 0 Å². The van der Waals surface area contributed by atoms with Gasteiger partial charge in [0, 0.05) is 181 Å². The highest BCUT2D eigenvalue weighted by molar-refractivity contribution is 6.14. The van der Waals surface area contributed by atoms with Crippen molar-refractivity contribution in [3.8, 4) is 5.75 Å². The molecule has 46 heteroatoms. The topological polar surface area (TPSA) is 685 Å². The van der Waals surface area contributed by atoms with Crippen LogP contribution >= 0.6 is 0 Å². The molecule has 4 aromatic carbocycles. The van der Waals surface area contributed by atoms with Crippen LogP contribution in [0, 0.1) is 45.6 Å². The molecule has 4 aromatic rings. The fourth-order valence-electron chi connectivity index (χ4n) is 15.0. The number of anilines is 3. The maximum absolute atomic E-state index is 13.5.